The van der Waals surface area contributed by atoms with Gasteiger partial charge in [0.05, 0.1) is 49.4 Å². The molecule has 0 amide bonds. The second-order valence-corrected chi connectivity index (χ2v) is 17.1. The second-order valence-electron chi connectivity index (χ2n) is 17.1. The maximum atomic E-state index is 12.6. The van der Waals surface area contributed by atoms with Gasteiger partial charge in [0.1, 0.15) is 0 Å². The second kappa shape index (κ2) is 40.2. The Hall–Kier alpha value is -2.90. The monoisotopic (exact) mass is 843 g/mol. The van der Waals surface area contributed by atoms with E-state index < -0.39 is 11.9 Å². The van der Waals surface area contributed by atoms with Gasteiger partial charge in [-0.2, -0.15) is 0 Å². The van der Waals surface area contributed by atoms with Gasteiger partial charge in [0.25, 0.3) is 0 Å². The number of carbonyl (C=O) groups excluding carboxylic acids is 4. The van der Waals surface area contributed by atoms with Gasteiger partial charge >= 0.3 is 23.9 Å². The molecule has 0 heterocycles. The number of carbonyl (C=O) groups is 4. The SMILES string of the molecule is CCCCCCCCCOC(=O)C1CCCCC1C(=O)OCCCCCCCCC.CCCCCCCCCOC(=O)c1ccccc1C(=O)OCCCCCCCCC. The first-order chi connectivity index (χ1) is 29.4. The van der Waals surface area contributed by atoms with Gasteiger partial charge in [-0.3, -0.25) is 9.59 Å². The van der Waals surface area contributed by atoms with Gasteiger partial charge in [0.15, 0.2) is 0 Å². The van der Waals surface area contributed by atoms with E-state index in [-0.39, 0.29) is 23.8 Å². The van der Waals surface area contributed by atoms with Crippen molar-refractivity contribution in [2.24, 2.45) is 11.8 Å². The Morgan fingerprint density at radius 1 is 0.383 bits per heavy atom. The van der Waals surface area contributed by atoms with Gasteiger partial charge < -0.3 is 18.9 Å². The summed E-state index contributed by atoms with van der Waals surface area (Å²) in [5.74, 6) is -1.85. The normalized spacial score (nSPS) is 14.8. The molecule has 346 valence electrons. The van der Waals surface area contributed by atoms with Crippen LogP contribution in [0.5, 0.6) is 0 Å². The van der Waals surface area contributed by atoms with Crippen LogP contribution in [0, 0.1) is 11.8 Å². The van der Waals surface area contributed by atoms with Crippen molar-refractivity contribution in [2.75, 3.05) is 26.4 Å². The van der Waals surface area contributed by atoms with Crippen molar-refractivity contribution < 1.29 is 38.1 Å². The van der Waals surface area contributed by atoms with Crippen LogP contribution >= 0.6 is 0 Å². The number of ether oxygens (including phenoxy) is 4. The van der Waals surface area contributed by atoms with Crippen LogP contribution in [0.4, 0.5) is 0 Å². The van der Waals surface area contributed by atoms with E-state index in [1.54, 1.807) is 24.3 Å². The Morgan fingerprint density at radius 2 is 0.633 bits per heavy atom. The van der Waals surface area contributed by atoms with E-state index >= 15 is 0 Å². The molecule has 1 fully saturated rings. The average molecular weight is 843 g/mol. The fraction of sp³-hybridized carbons (Fsp3) is 0.808. The number of benzene rings is 1. The van der Waals surface area contributed by atoms with Crippen LogP contribution in [0.25, 0.3) is 0 Å². The minimum Gasteiger partial charge on any atom is -0.465 e. The Morgan fingerprint density at radius 3 is 0.917 bits per heavy atom. The summed E-state index contributed by atoms with van der Waals surface area (Å²) >= 11 is 0. The lowest BCUT2D eigenvalue weighted by molar-refractivity contribution is -0.163. The third-order valence-corrected chi connectivity index (χ3v) is 11.7. The summed E-state index contributed by atoms with van der Waals surface area (Å²) in [5.41, 5.74) is 0.593. The average Bonchev–Trinajstić information content (AvgIpc) is 3.27. The van der Waals surface area contributed by atoms with Crippen molar-refractivity contribution in [3.8, 4) is 0 Å². The molecule has 1 aliphatic carbocycles. The summed E-state index contributed by atoms with van der Waals surface area (Å²) in [5, 5.41) is 0. The number of rotatable bonds is 36. The molecule has 8 heteroatoms. The lowest BCUT2D eigenvalue weighted by Crippen LogP contribution is -2.35. The van der Waals surface area contributed by atoms with Crippen LogP contribution in [-0.2, 0) is 28.5 Å². The molecule has 2 unspecified atom stereocenters. The number of unbranched alkanes of at least 4 members (excludes halogenated alkanes) is 24. The zero-order chi connectivity index (χ0) is 43.7. The smallest absolute Gasteiger partial charge is 0.339 e. The van der Waals surface area contributed by atoms with Gasteiger partial charge in [0.2, 0.25) is 0 Å². The zero-order valence-corrected chi connectivity index (χ0v) is 39.2. The highest BCUT2D eigenvalue weighted by atomic mass is 16.5. The van der Waals surface area contributed by atoms with Gasteiger partial charge in [-0.15, -0.1) is 0 Å². The first-order valence-electron chi connectivity index (χ1n) is 25.2. The first kappa shape index (κ1) is 55.1. The molecule has 0 bridgehead atoms. The number of hydrogen-bond acceptors (Lipinski definition) is 8. The van der Waals surface area contributed by atoms with Crippen molar-refractivity contribution in [2.45, 2.75) is 233 Å². The van der Waals surface area contributed by atoms with Crippen molar-refractivity contribution in [3.63, 3.8) is 0 Å². The lowest BCUT2D eigenvalue weighted by Gasteiger charge is -2.28. The van der Waals surface area contributed by atoms with Gasteiger partial charge in [-0.25, -0.2) is 9.59 Å². The molecule has 1 aliphatic rings. The Kier molecular flexibility index (Phi) is 36.9. The summed E-state index contributed by atoms with van der Waals surface area (Å²) in [6.45, 7) is 10.6. The third-order valence-electron chi connectivity index (χ3n) is 11.7. The van der Waals surface area contributed by atoms with E-state index in [2.05, 4.69) is 27.7 Å². The van der Waals surface area contributed by atoms with Gasteiger partial charge in [-0.1, -0.05) is 207 Å². The maximum absolute atomic E-state index is 12.6. The highest BCUT2D eigenvalue weighted by Gasteiger charge is 2.37. The molecule has 2 atom stereocenters. The van der Waals surface area contributed by atoms with Crippen molar-refractivity contribution >= 4 is 23.9 Å². The van der Waals surface area contributed by atoms with Crippen molar-refractivity contribution in [1.82, 2.24) is 0 Å². The predicted octanol–water partition coefficient (Wildman–Crippen LogP) is 14.9. The zero-order valence-electron chi connectivity index (χ0n) is 39.2. The van der Waals surface area contributed by atoms with Crippen LogP contribution < -0.4 is 0 Å². The summed E-state index contributed by atoms with van der Waals surface area (Å²) in [7, 11) is 0. The molecule has 0 N–H and O–H groups in total. The van der Waals surface area contributed by atoms with E-state index in [9.17, 15) is 19.2 Å². The van der Waals surface area contributed by atoms with Crippen LogP contribution in [-0.4, -0.2) is 50.3 Å². The molecule has 0 spiro atoms. The van der Waals surface area contributed by atoms with E-state index in [0.29, 0.717) is 37.6 Å². The van der Waals surface area contributed by atoms with E-state index in [1.165, 1.54) is 128 Å². The van der Waals surface area contributed by atoms with E-state index in [4.69, 9.17) is 18.9 Å². The molecule has 1 saturated carbocycles. The van der Waals surface area contributed by atoms with Crippen LogP contribution in [0.2, 0.25) is 0 Å². The molecular weight excluding hydrogens is 753 g/mol. The minimum absolute atomic E-state index is 0.182. The van der Waals surface area contributed by atoms with Gasteiger partial charge in [-0.05, 0) is 50.7 Å². The summed E-state index contributed by atoms with van der Waals surface area (Å²) in [4.78, 5) is 49.9. The molecule has 0 aliphatic heterocycles. The topological polar surface area (TPSA) is 105 Å². The Bertz CT molecular complexity index is 1110. The van der Waals surface area contributed by atoms with Gasteiger partial charge in [0, 0.05) is 0 Å². The molecule has 1 aromatic rings. The highest BCUT2D eigenvalue weighted by Crippen LogP contribution is 2.32. The third kappa shape index (κ3) is 28.6. The fourth-order valence-corrected chi connectivity index (χ4v) is 7.82. The number of esters is 4. The molecule has 2 rings (SSSR count). The molecule has 8 nitrogen and oxygen atoms in total. The Balaban J connectivity index is 0.000000600. The summed E-state index contributed by atoms with van der Waals surface area (Å²) < 4.78 is 21.8. The standard InChI is InChI=1S/C26H48O4.C26H42O4/c2*1-3-5-7-9-11-13-17-21-29-25(27)23-19-15-16-20-24(23)26(28)30-22-18-14-12-10-8-6-4-2/h23-24H,3-22H2,1-2H3;15-16,19-20H,3-14,17-18,21-22H2,1-2H3. The molecule has 60 heavy (non-hydrogen) atoms. The quantitative estimate of drug-likeness (QED) is 0.0374. The largest absolute Gasteiger partial charge is 0.465 e. The van der Waals surface area contributed by atoms with Crippen LogP contribution in [0.15, 0.2) is 24.3 Å². The fourth-order valence-electron chi connectivity index (χ4n) is 7.82. The summed E-state index contributed by atoms with van der Waals surface area (Å²) in [6.07, 6.45) is 36.7. The molecule has 0 saturated heterocycles. The maximum Gasteiger partial charge on any atom is 0.339 e. The lowest BCUT2D eigenvalue weighted by atomic mass is 9.79. The molecule has 0 aromatic heterocycles. The highest BCUT2D eigenvalue weighted by molar-refractivity contribution is 6.03. The first-order valence-corrected chi connectivity index (χ1v) is 25.2. The van der Waals surface area contributed by atoms with E-state index in [1.807, 2.05) is 0 Å². The molecule has 1 aromatic carbocycles. The van der Waals surface area contributed by atoms with Crippen LogP contribution in [0.3, 0.4) is 0 Å². The van der Waals surface area contributed by atoms with Crippen molar-refractivity contribution in [3.05, 3.63) is 35.4 Å². The molecular formula is C52H90O8. The summed E-state index contributed by atoms with van der Waals surface area (Å²) in [6, 6.07) is 6.77. The predicted molar refractivity (Wildman–Crippen MR) is 246 cm³/mol. The molecule has 0 radical (unpaired) electrons. The van der Waals surface area contributed by atoms with Crippen molar-refractivity contribution in [1.29, 1.82) is 0 Å². The van der Waals surface area contributed by atoms with Crippen LogP contribution in [0.1, 0.15) is 254 Å². The number of hydrogen-bond donors (Lipinski definition) is 0. The Labute approximate surface area is 367 Å². The van der Waals surface area contributed by atoms with E-state index in [0.717, 1.165) is 77.0 Å². The minimum atomic E-state index is -0.440.